The van der Waals surface area contributed by atoms with Gasteiger partial charge in [0.15, 0.2) is 9.84 Å². The minimum Gasteiger partial charge on any atom is -0.337 e. The summed E-state index contributed by atoms with van der Waals surface area (Å²) in [6, 6.07) is 5.68. The second-order valence-electron chi connectivity index (χ2n) is 6.53. The van der Waals surface area contributed by atoms with Crippen LogP contribution in [0.15, 0.2) is 29.2 Å². The molecule has 0 aliphatic carbocycles. The summed E-state index contributed by atoms with van der Waals surface area (Å²) in [6.07, 6.45) is 1.81. The SMILES string of the molecule is CCN(C(=O)CN1C(=O)/C(=C/c2ccccc2F)SC1=S)[C@@H]1CCS(=O)(=O)C1. The van der Waals surface area contributed by atoms with Crippen molar-refractivity contribution >= 4 is 56.0 Å². The third-order valence-corrected chi connectivity index (χ3v) is 7.80. The number of nitrogens with zero attached hydrogens (tertiary/aromatic N) is 2. The van der Waals surface area contributed by atoms with Crippen molar-refractivity contribution in [1.82, 2.24) is 9.80 Å². The van der Waals surface area contributed by atoms with Crippen LogP contribution >= 0.6 is 24.0 Å². The lowest BCUT2D eigenvalue weighted by Gasteiger charge is -2.28. The van der Waals surface area contributed by atoms with Gasteiger partial charge in [0.05, 0.1) is 16.4 Å². The summed E-state index contributed by atoms with van der Waals surface area (Å²) in [5.41, 5.74) is 0.265. The van der Waals surface area contributed by atoms with E-state index in [4.69, 9.17) is 12.2 Å². The van der Waals surface area contributed by atoms with E-state index in [1.54, 1.807) is 25.1 Å². The van der Waals surface area contributed by atoms with E-state index in [0.717, 1.165) is 11.8 Å². The third kappa shape index (κ3) is 4.44. The molecule has 0 radical (unpaired) electrons. The van der Waals surface area contributed by atoms with Crippen LogP contribution < -0.4 is 0 Å². The van der Waals surface area contributed by atoms with Gasteiger partial charge in [-0.1, -0.05) is 42.2 Å². The Morgan fingerprint density at radius 2 is 2.14 bits per heavy atom. The fraction of sp³-hybridized carbons (Fsp3) is 0.389. The molecule has 10 heteroatoms. The van der Waals surface area contributed by atoms with Gasteiger partial charge in [-0.05, 0) is 25.5 Å². The van der Waals surface area contributed by atoms with E-state index in [-0.39, 0.29) is 44.8 Å². The predicted octanol–water partition coefficient (Wildman–Crippen LogP) is 2.06. The van der Waals surface area contributed by atoms with Crippen molar-refractivity contribution in [3.8, 4) is 0 Å². The summed E-state index contributed by atoms with van der Waals surface area (Å²) in [4.78, 5) is 28.3. The maximum Gasteiger partial charge on any atom is 0.266 e. The molecule has 2 aliphatic heterocycles. The normalized spacial score (nSPS) is 22.9. The number of benzene rings is 1. The summed E-state index contributed by atoms with van der Waals surface area (Å²) >= 11 is 6.24. The molecule has 2 amide bonds. The zero-order chi connectivity index (χ0) is 20.5. The van der Waals surface area contributed by atoms with E-state index < -0.39 is 21.6 Å². The lowest BCUT2D eigenvalue weighted by Crippen LogP contribution is -2.47. The van der Waals surface area contributed by atoms with Crippen molar-refractivity contribution in [3.05, 3.63) is 40.6 Å². The van der Waals surface area contributed by atoms with Gasteiger partial charge >= 0.3 is 0 Å². The van der Waals surface area contributed by atoms with Gasteiger partial charge in [-0.3, -0.25) is 14.5 Å². The largest absolute Gasteiger partial charge is 0.337 e. The van der Waals surface area contributed by atoms with Gasteiger partial charge in [0.1, 0.15) is 16.7 Å². The highest BCUT2D eigenvalue weighted by molar-refractivity contribution is 8.26. The van der Waals surface area contributed by atoms with Crippen molar-refractivity contribution in [1.29, 1.82) is 0 Å². The van der Waals surface area contributed by atoms with Crippen LogP contribution in [0.1, 0.15) is 18.9 Å². The number of hydrogen-bond donors (Lipinski definition) is 0. The molecule has 6 nitrogen and oxygen atoms in total. The average molecular weight is 443 g/mol. The van der Waals surface area contributed by atoms with Gasteiger partial charge in [0.2, 0.25) is 5.91 Å². The van der Waals surface area contributed by atoms with Crippen LogP contribution in [0.4, 0.5) is 4.39 Å². The zero-order valence-corrected chi connectivity index (χ0v) is 17.6. The monoisotopic (exact) mass is 442 g/mol. The van der Waals surface area contributed by atoms with Crippen LogP contribution in [0.5, 0.6) is 0 Å². The molecule has 2 aliphatic rings. The Labute approximate surface area is 172 Å². The van der Waals surface area contributed by atoms with Gasteiger partial charge in [-0.2, -0.15) is 0 Å². The minimum absolute atomic E-state index is 0.0574. The highest BCUT2D eigenvalue weighted by Crippen LogP contribution is 2.33. The molecule has 150 valence electrons. The second kappa shape index (κ2) is 8.30. The van der Waals surface area contributed by atoms with Crippen molar-refractivity contribution in [2.45, 2.75) is 19.4 Å². The highest BCUT2D eigenvalue weighted by atomic mass is 32.2. The molecule has 0 unspecified atom stereocenters. The Bertz CT molecular complexity index is 961. The third-order valence-electron chi connectivity index (χ3n) is 4.67. The van der Waals surface area contributed by atoms with E-state index in [2.05, 4.69) is 0 Å². The summed E-state index contributed by atoms with van der Waals surface area (Å²) in [5, 5.41) is 0. The maximum atomic E-state index is 13.8. The van der Waals surface area contributed by atoms with Crippen LogP contribution in [-0.2, 0) is 19.4 Å². The average Bonchev–Trinajstić information content (AvgIpc) is 3.11. The van der Waals surface area contributed by atoms with Gasteiger partial charge in [0.25, 0.3) is 5.91 Å². The quantitative estimate of drug-likeness (QED) is 0.513. The van der Waals surface area contributed by atoms with Crippen molar-refractivity contribution in [2.24, 2.45) is 0 Å². The first-order valence-electron chi connectivity index (χ1n) is 8.71. The summed E-state index contributed by atoms with van der Waals surface area (Å²) in [7, 11) is -3.13. The number of likely N-dealkylation sites (N-methyl/N-ethyl adjacent to an activating group) is 1. The molecule has 0 aromatic heterocycles. The molecular formula is C18H19FN2O4S3. The van der Waals surface area contributed by atoms with E-state index in [1.807, 2.05) is 0 Å². The number of thiocarbonyl (C=S) groups is 1. The molecule has 28 heavy (non-hydrogen) atoms. The molecule has 1 aromatic rings. The van der Waals surface area contributed by atoms with Crippen LogP contribution in [-0.4, -0.2) is 65.0 Å². The molecule has 0 saturated carbocycles. The smallest absolute Gasteiger partial charge is 0.266 e. The molecule has 2 fully saturated rings. The number of hydrogen-bond acceptors (Lipinski definition) is 6. The number of rotatable bonds is 5. The number of amides is 2. The molecule has 3 rings (SSSR count). The van der Waals surface area contributed by atoms with Gasteiger partial charge in [0, 0.05) is 18.2 Å². The van der Waals surface area contributed by atoms with Gasteiger partial charge in [-0.15, -0.1) is 0 Å². The summed E-state index contributed by atoms with van der Waals surface area (Å²) < 4.78 is 37.5. The minimum atomic E-state index is -3.13. The van der Waals surface area contributed by atoms with Crippen LogP contribution in [0, 0.1) is 5.82 Å². The van der Waals surface area contributed by atoms with Crippen LogP contribution in [0.2, 0.25) is 0 Å². The number of halogens is 1. The second-order valence-corrected chi connectivity index (χ2v) is 10.4. The Balaban J connectivity index is 1.73. The first kappa shape index (κ1) is 20.9. The van der Waals surface area contributed by atoms with Crippen molar-refractivity contribution in [3.63, 3.8) is 0 Å². The van der Waals surface area contributed by atoms with E-state index >= 15 is 0 Å². The lowest BCUT2D eigenvalue weighted by molar-refractivity contribution is -0.136. The van der Waals surface area contributed by atoms with E-state index in [0.29, 0.717) is 13.0 Å². The molecule has 1 aromatic carbocycles. The number of thioether (sulfide) groups is 1. The molecule has 2 saturated heterocycles. The number of sulfone groups is 1. The molecule has 0 N–H and O–H groups in total. The zero-order valence-electron chi connectivity index (χ0n) is 15.1. The van der Waals surface area contributed by atoms with E-state index in [1.165, 1.54) is 21.9 Å². The fourth-order valence-corrected chi connectivity index (χ4v) is 6.23. The Hall–Kier alpha value is -1.78. The summed E-state index contributed by atoms with van der Waals surface area (Å²) in [6.45, 7) is 1.85. The molecule has 0 bridgehead atoms. The molecule has 1 atom stereocenters. The predicted molar refractivity (Wildman–Crippen MR) is 111 cm³/mol. The maximum absolute atomic E-state index is 13.8. The van der Waals surface area contributed by atoms with Crippen molar-refractivity contribution in [2.75, 3.05) is 24.6 Å². The van der Waals surface area contributed by atoms with Crippen LogP contribution in [0.25, 0.3) is 6.08 Å². The lowest BCUT2D eigenvalue weighted by atomic mass is 10.2. The Morgan fingerprint density at radius 3 is 2.75 bits per heavy atom. The topological polar surface area (TPSA) is 74.8 Å². The van der Waals surface area contributed by atoms with Gasteiger partial charge in [-0.25, -0.2) is 12.8 Å². The highest BCUT2D eigenvalue weighted by Gasteiger charge is 2.38. The fourth-order valence-electron chi connectivity index (χ4n) is 3.26. The molecule has 0 spiro atoms. The number of carbonyl (C=O) groups is 2. The first-order valence-corrected chi connectivity index (χ1v) is 11.8. The van der Waals surface area contributed by atoms with Crippen LogP contribution in [0.3, 0.4) is 0 Å². The van der Waals surface area contributed by atoms with Gasteiger partial charge < -0.3 is 4.90 Å². The molecular weight excluding hydrogens is 423 g/mol. The van der Waals surface area contributed by atoms with Crippen molar-refractivity contribution < 1.29 is 22.4 Å². The first-order chi connectivity index (χ1) is 13.2. The number of carbonyl (C=O) groups excluding carboxylic acids is 2. The van der Waals surface area contributed by atoms with E-state index in [9.17, 15) is 22.4 Å². The standard InChI is InChI=1S/C18H19FN2O4S3/c1-2-20(13-7-8-28(24,25)11-13)16(22)10-21-17(23)15(27-18(21)26)9-12-5-3-4-6-14(12)19/h3-6,9,13H,2,7-8,10-11H2,1H3/b15-9-/t13-/m1/s1. The summed E-state index contributed by atoms with van der Waals surface area (Å²) in [5.74, 6) is -1.26. The molecule has 2 heterocycles. The Kier molecular flexibility index (Phi) is 6.21. The Morgan fingerprint density at radius 1 is 1.43 bits per heavy atom.